The lowest BCUT2D eigenvalue weighted by Gasteiger charge is -2.15. The van der Waals surface area contributed by atoms with Gasteiger partial charge in [-0.3, -0.25) is 9.78 Å². The van der Waals surface area contributed by atoms with E-state index in [1.54, 1.807) is 6.20 Å². The summed E-state index contributed by atoms with van der Waals surface area (Å²) in [4.78, 5) is 16.3. The number of pyridine rings is 1. The number of aromatic nitrogens is 1. The van der Waals surface area contributed by atoms with Crippen LogP contribution in [0.1, 0.15) is 36.2 Å². The molecular weight excluding hydrogens is 288 g/mol. The maximum Gasteiger partial charge on any atom is 0.251 e. The molecule has 0 aliphatic rings. The molecule has 0 radical (unpaired) electrons. The highest BCUT2D eigenvalue weighted by molar-refractivity contribution is 5.94. The highest BCUT2D eigenvalue weighted by Crippen LogP contribution is 2.22. The molecule has 1 heterocycles. The van der Waals surface area contributed by atoms with Crippen LogP contribution in [0.2, 0.25) is 0 Å². The van der Waals surface area contributed by atoms with Crippen LogP contribution < -0.4 is 5.32 Å². The predicted molar refractivity (Wildman–Crippen MR) is 92.4 cm³/mol. The lowest BCUT2D eigenvalue weighted by molar-refractivity contribution is 0.0569. The fourth-order valence-corrected chi connectivity index (χ4v) is 2.46. The number of benzene rings is 1. The molecule has 2 aromatic rings. The summed E-state index contributed by atoms with van der Waals surface area (Å²) in [7, 11) is 0. The predicted octanol–water partition coefficient (Wildman–Crippen LogP) is 3.60. The van der Waals surface area contributed by atoms with Crippen molar-refractivity contribution in [3.8, 4) is 11.1 Å². The average molecular weight is 312 g/mol. The van der Waals surface area contributed by atoms with Gasteiger partial charge in [0.05, 0.1) is 6.10 Å². The maximum atomic E-state index is 12.2. The summed E-state index contributed by atoms with van der Waals surface area (Å²) < 4.78 is 5.55. The van der Waals surface area contributed by atoms with Crippen LogP contribution in [0, 0.1) is 6.92 Å². The van der Waals surface area contributed by atoms with Crippen molar-refractivity contribution in [2.24, 2.45) is 0 Å². The third kappa shape index (κ3) is 4.63. The Kier molecular flexibility index (Phi) is 6.29. The van der Waals surface area contributed by atoms with Gasteiger partial charge < -0.3 is 10.1 Å². The first-order valence-corrected chi connectivity index (χ1v) is 8.06. The van der Waals surface area contributed by atoms with Crippen LogP contribution in [-0.4, -0.2) is 30.1 Å². The highest BCUT2D eigenvalue weighted by Gasteiger charge is 2.10. The fraction of sp³-hybridized carbons (Fsp3) is 0.368. The fourth-order valence-electron chi connectivity index (χ4n) is 2.46. The first-order valence-electron chi connectivity index (χ1n) is 8.06. The molecule has 1 aromatic carbocycles. The summed E-state index contributed by atoms with van der Waals surface area (Å²) in [6.07, 6.45) is 4.58. The molecule has 1 amide bonds. The van der Waals surface area contributed by atoms with E-state index < -0.39 is 0 Å². The van der Waals surface area contributed by atoms with E-state index >= 15 is 0 Å². The molecule has 0 aliphatic heterocycles. The van der Waals surface area contributed by atoms with E-state index in [2.05, 4.69) is 17.2 Å². The minimum atomic E-state index is -0.0684. The Bertz CT molecular complexity index is 638. The molecule has 1 atom stereocenters. The van der Waals surface area contributed by atoms with Gasteiger partial charge in [0.1, 0.15) is 0 Å². The van der Waals surface area contributed by atoms with Crippen LogP contribution in [0.4, 0.5) is 0 Å². The Morgan fingerprint density at radius 3 is 2.57 bits per heavy atom. The molecule has 0 saturated carbocycles. The quantitative estimate of drug-likeness (QED) is 0.850. The van der Waals surface area contributed by atoms with Crippen LogP contribution in [0.15, 0.2) is 42.7 Å². The van der Waals surface area contributed by atoms with Crippen molar-refractivity contribution in [2.75, 3.05) is 13.2 Å². The molecule has 23 heavy (non-hydrogen) atoms. The van der Waals surface area contributed by atoms with Crippen molar-refractivity contribution in [1.29, 1.82) is 0 Å². The van der Waals surface area contributed by atoms with Crippen molar-refractivity contribution >= 4 is 5.91 Å². The van der Waals surface area contributed by atoms with Gasteiger partial charge in [-0.25, -0.2) is 0 Å². The lowest BCUT2D eigenvalue weighted by atomic mass is 10.0. The van der Waals surface area contributed by atoms with Gasteiger partial charge in [0.15, 0.2) is 0 Å². The zero-order valence-electron chi connectivity index (χ0n) is 14.0. The molecule has 0 aliphatic carbocycles. The number of carbonyl (C=O) groups excluding carboxylic acids is 1. The molecule has 0 spiro atoms. The minimum Gasteiger partial charge on any atom is -0.377 e. The van der Waals surface area contributed by atoms with Gasteiger partial charge in [0, 0.05) is 31.1 Å². The second-order valence-corrected chi connectivity index (χ2v) is 5.46. The standard InChI is InChI=1S/C19H24N2O2/c1-4-17(23-5-2)13-21-19(22)16-8-6-15(7-9-16)18-10-11-20-12-14(18)3/h6-12,17H,4-5,13H2,1-3H3,(H,21,22)/t17-/m0/s1. The van der Waals surface area contributed by atoms with E-state index in [0.717, 1.165) is 23.1 Å². The number of amides is 1. The molecule has 122 valence electrons. The topological polar surface area (TPSA) is 51.2 Å². The molecule has 1 N–H and O–H groups in total. The normalized spacial score (nSPS) is 12.0. The van der Waals surface area contributed by atoms with Crippen molar-refractivity contribution in [3.05, 3.63) is 53.9 Å². The van der Waals surface area contributed by atoms with Crippen LogP contribution in [0.25, 0.3) is 11.1 Å². The summed E-state index contributed by atoms with van der Waals surface area (Å²) in [5.41, 5.74) is 4.00. The highest BCUT2D eigenvalue weighted by atomic mass is 16.5. The Hall–Kier alpha value is -2.20. The molecule has 0 unspecified atom stereocenters. The molecule has 4 nitrogen and oxygen atoms in total. The van der Waals surface area contributed by atoms with Gasteiger partial charge in [-0.2, -0.15) is 0 Å². The third-order valence-corrected chi connectivity index (χ3v) is 3.83. The van der Waals surface area contributed by atoms with E-state index in [-0.39, 0.29) is 12.0 Å². The zero-order chi connectivity index (χ0) is 16.7. The summed E-state index contributed by atoms with van der Waals surface area (Å²) in [5.74, 6) is -0.0684. The molecule has 1 aromatic heterocycles. The Balaban J connectivity index is 2.02. The first kappa shape index (κ1) is 17.2. The van der Waals surface area contributed by atoms with Gasteiger partial charge in [-0.05, 0) is 55.2 Å². The molecule has 0 saturated heterocycles. The van der Waals surface area contributed by atoms with E-state index in [1.807, 2.05) is 50.4 Å². The Labute approximate surface area is 137 Å². The van der Waals surface area contributed by atoms with Crippen LogP contribution in [0.5, 0.6) is 0 Å². The van der Waals surface area contributed by atoms with Crippen LogP contribution in [0.3, 0.4) is 0 Å². The number of hydrogen-bond donors (Lipinski definition) is 1. The zero-order valence-corrected chi connectivity index (χ0v) is 14.0. The van der Waals surface area contributed by atoms with E-state index in [0.29, 0.717) is 18.7 Å². The second-order valence-electron chi connectivity index (χ2n) is 5.46. The average Bonchev–Trinajstić information content (AvgIpc) is 2.59. The number of hydrogen-bond acceptors (Lipinski definition) is 3. The SMILES string of the molecule is CCO[C@@H](CC)CNC(=O)c1ccc(-c2ccncc2C)cc1. The van der Waals surface area contributed by atoms with Crippen molar-refractivity contribution < 1.29 is 9.53 Å². The van der Waals surface area contributed by atoms with Gasteiger partial charge in [0.2, 0.25) is 0 Å². The second kappa shape index (κ2) is 8.44. The number of carbonyl (C=O) groups is 1. The minimum absolute atomic E-state index is 0.0684. The van der Waals surface area contributed by atoms with Gasteiger partial charge in [-0.1, -0.05) is 19.1 Å². The van der Waals surface area contributed by atoms with Gasteiger partial charge in [0.25, 0.3) is 5.91 Å². The number of rotatable bonds is 7. The first-order chi connectivity index (χ1) is 11.2. The monoisotopic (exact) mass is 312 g/mol. The van der Waals surface area contributed by atoms with Crippen molar-refractivity contribution in [2.45, 2.75) is 33.3 Å². The molecule has 4 heteroatoms. The third-order valence-electron chi connectivity index (χ3n) is 3.83. The van der Waals surface area contributed by atoms with Crippen LogP contribution >= 0.6 is 0 Å². The largest absolute Gasteiger partial charge is 0.377 e. The van der Waals surface area contributed by atoms with Crippen LogP contribution in [-0.2, 0) is 4.74 Å². The number of nitrogens with one attached hydrogen (secondary N) is 1. The van der Waals surface area contributed by atoms with E-state index in [4.69, 9.17) is 4.74 Å². The van der Waals surface area contributed by atoms with E-state index in [9.17, 15) is 4.79 Å². The van der Waals surface area contributed by atoms with Gasteiger partial charge >= 0.3 is 0 Å². The molecule has 0 fully saturated rings. The van der Waals surface area contributed by atoms with Crippen molar-refractivity contribution in [3.63, 3.8) is 0 Å². The number of aryl methyl sites for hydroxylation is 1. The molecule has 2 rings (SSSR count). The number of nitrogens with zero attached hydrogens (tertiary/aromatic N) is 1. The summed E-state index contributed by atoms with van der Waals surface area (Å²) in [6.45, 7) is 7.24. The lowest BCUT2D eigenvalue weighted by Crippen LogP contribution is -2.33. The Morgan fingerprint density at radius 1 is 1.22 bits per heavy atom. The Morgan fingerprint density at radius 2 is 1.96 bits per heavy atom. The number of ether oxygens (including phenoxy) is 1. The van der Waals surface area contributed by atoms with Gasteiger partial charge in [-0.15, -0.1) is 0 Å². The summed E-state index contributed by atoms with van der Waals surface area (Å²) in [5, 5.41) is 2.93. The smallest absolute Gasteiger partial charge is 0.251 e. The molecule has 0 bridgehead atoms. The maximum absolute atomic E-state index is 12.2. The summed E-state index contributed by atoms with van der Waals surface area (Å²) in [6, 6.07) is 9.63. The van der Waals surface area contributed by atoms with E-state index in [1.165, 1.54) is 0 Å². The summed E-state index contributed by atoms with van der Waals surface area (Å²) >= 11 is 0. The molecular formula is C19H24N2O2. The van der Waals surface area contributed by atoms with Crippen molar-refractivity contribution in [1.82, 2.24) is 10.3 Å².